The lowest BCUT2D eigenvalue weighted by atomic mass is 10.1. The standard InChI is InChI=1S/C12H11ClO6S/c1-17-12(14)3-2-8-6-9-10(19-5-4-18-9)7-11(8)20(13,15)16/h2-3,6-7H,4-5H2,1H3. The Bertz CT molecular complexity index is 665. The van der Waals surface area contributed by atoms with E-state index in [1.165, 1.54) is 25.3 Å². The van der Waals surface area contributed by atoms with Crippen LogP contribution in [-0.2, 0) is 18.6 Å². The van der Waals surface area contributed by atoms with Crippen LogP contribution in [0.4, 0.5) is 0 Å². The largest absolute Gasteiger partial charge is 0.486 e. The van der Waals surface area contributed by atoms with E-state index < -0.39 is 15.0 Å². The molecule has 1 aliphatic heterocycles. The van der Waals surface area contributed by atoms with Crippen molar-refractivity contribution in [2.45, 2.75) is 4.90 Å². The monoisotopic (exact) mass is 318 g/mol. The van der Waals surface area contributed by atoms with Gasteiger partial charge in [0.15, 0.2) is 11.5 Å². The van der Waals surface area contributed by atoms with Gasteiger partial charge in [-0.25, -0.2) is 13.2 Å². The van der Waals surface area contributed by atoms with Crippen molar-refractivity contribution in [3.63, 3.8) is 0 Å². The fraction of sp³-hybridized carbons (Fsp3) is 0.250. The van der Waals surface area contributed by atoms with Gasteiger partial charge < -0.3 is 14.2 Å². The second-order valence-electron chi connectivity index (χ2n) is 3.83. The van der Waals surface area contributed by atoms with Crippen LogP contribution >= 0.6 is 10.7 Å². The first kappa shape index (κ1) is 14.7. The maximum absolute atomic E-state index is 11.6. The van der Waals surface area contributed by atoms with E-state index >= 15 is 0 Å². The van der Waals surface area contributed by atoms with Crippen LogP contribution in [0.3, 0.4) is 0 Å². The lowest BCUT2D eigenvalue weighted by molar-refractivity contribution is -0.134. The van der Waals surface area contributed by atoms with E-state index in [2.05, 4.69) is 4.74 Å². The molecule has 0 atom stereocenters. The molecule has 0 saturated carbocycles. The highest BCUT2D eigenvalue weighted by Crippen LogP contribution is 2.36. The molecule has 0 amide bonds. The molecule has 1 aliphatic rings. The molecule has 1 aromatic rings. The van der Waals surface area contributed by atoms with Crippen LogP contribution in [-0.4, -0.2) is 34.7 Å². The van der Waals surface area contributed by atoms with Crippen molar-refractivity contribution in [2.24, 2.45) is 0 Å². The van der Waals surface area contributed by atoms with Gasteiger partial charge in [0.2, 0.25) is 0 Å². The highest BCUT2D eigenvalue weighted by atomic mass is 35.7. The van der Waals surface area contributed by atoms with Crippen LogP contribution in [0.2, 0.25) is 0 Å². The maximum Gasteiger partial charge on any atom is 0.330 e. The van der Waals surface area contributed by atoms with Gasteiger partial charge in [0.1, 0.15) is 13.2 Å². The fourth-order valence-electron chi connectivity index (χ4n) is 1.65. The summed E-state index contributed by atoms with van der Waals surface area (Å²) in [6.07, 6.45) is 2.39. The lowest BCUT2D eigenvalue weighted by Gasteiger charge is -2.19. The summed E-state index contributed by atoms with van der Waals surface area (Å²) in [5.41, 5.74) is 0.217. The zero-order valence-corrected chi connectivity index (χ0v) is 12.0. The number of rotatable bonds is 3. The van der Waals surface area contributed by atoms with Crippen LogP contribution in [0.1, 0.15) is 5.56 Å². The highest BCUT2D eigenvalue weighted by molar-refractivity contribution is 8.13. The van der Waals surface area contributed by atoms with Gasteiger partial charge in [0, 0.05) is 22.8 Å². The average Bonchev–Trinajstić information content (AvgIpc) is 2.42. The Morgan fingerprint density at radius 2 is 1.90 bits per heavy atom. The predicted octanol–water partition coefficient (Wildman–Crippen LogP) is 1.57. The van der Waals surface area contributed by atoms with Gasteiger partial charge in [-0.2, -0.15) is 0 Å². The topological polar surface area (TPSA) is 78.9 Å². The molecule has 1 heterocycles. The van der Waals surface area contributed by atoms with Crippen molar-refractivity contribution in [3.05, 3.63) is 23.8 Å². The molecule has 0 N–H and O–H groups in total. The first-order chi connectivity index (χ1) is 9.41. The Kier molecular flexibility index (Phi) is 4.20. The number of carbonyl (C=O) groups is 1. The Morgan fingerprint density at radius 1 is 1.30 bits per heavy atom. The molecule has 0 spiro atoms. The Labute approximate surface area is 120 Å². The van der Waals surface area contributed by atoms with Gasteiger partial charge in [0.25, 0.3) is 9.05 Å². The van der Waals surface area contributed by atoms with Crippen molar-refractivity contribution >= 4 is 31.8 Å². The number of hydrogen-bond donors (Lipinski definition) is 0. The summed E-state index contributed by atoms with van der Waals surface area (Å²) in [6.45, 7) is 0.687. The predicted molar refractivity (Wildman–Crippen MR) is 71.5 cm³/mol. The molecule has 0 aliphatic carbocycles. The SMILES string of the molecule is COC(=O)C=Cc1cc2c(cc1S(=O)(=O)Cl)OCCO2. The third kappa shape index (κ3) is 3.23. The quantitative estimate of drug-likeness (QED) is 0.478. The summed E-state index contributed by atoms with van der Waals surface area (Å²) in [6, 6.07) is 2.72. The van der Waals surface area contributed by atoms with E-state index in [1.807, 2.05) is 0 Å². The summed E-state index contributed by atoms with van der Waals surface area (Å²) in [5.74, 6) is 0.0772. The molecule has 0 bridgehead atoms. The number of fused-ring (bicyclic) bond motifs is 1. The average molecular weight is 319 g/mol. The minimum absolute atomic E-state index is 0.163. The van der Waals surface area contributed by atoms with Gasteiger partial charge in [0.05, 0.1) is 12.0 Å². The van der Waals surface area contributed by atoms with Crippen molar-refractivity contribution < 1.29 is 27.4 Å². The molecule has 0 unspecified atom stereocenters. The van der Waals surface area contributed by atoms with Gasteiger partial charge in [-0.1, -0.05) is 0 Å². The normalized spacial score (nSPS) is 14.3. The number of ether oxygens (including phenoxy) is 3. The highest BCUT2D eigenvalue weighted by Gasteiger charge is 2.21. The molecule has 0 fully saturated rings. The number of hydrogen-bond acceptors (Lipinski definition) is 6. The summed E-state index contributed by atoms with van der Waals surface area (Å²) in [7, 11) is 2.61. The molecule has 6 nitrogen and oxygen atoms in total. The first-order valence-corrected chi connectivity index (χ1v) is 7.87. The van der Waals surface area contributed by atoms with Crippen molar-refractivity contribution in [3.8, 4) is 11.5 Å². The molecule has 1 aromatic carbocycles. The number of methoxy groups -OCH3 is 1. The molecule has 0 radical (unpaired) electrons. The summed E-state index contributed by atoms with van der Waals surface area (Å²) in [4.78, 5) is 10.9. The van der Waals surface area contributed by atoms with E-state index in [4.69, 9.17) is 20.2 Å². The Hall–Kier alpha value is -1.73. The van der Waals surface area contributed by atoms with Crippen LogP contribution in [0, 0.1) is 0 Å². The third-order valence-electron chi connectivity index (χ3n) is 2.54. The lowest BCUT2D eigenvalue weighted by Crippen LogP contribution is -2.16. The molecular formula is C12H11ClO6S. The van der Waals surface area contributed by atoms with Crippen molar-refractivity contribution in [1.29, 1.82) is 0 Å². The van der Waals surface area contributed by atoms with Gasteiger partial charge in [-0.05, 0) is 17.7 Å². The van der Waals surface area contributed by atoms with Crippen LogP contribution in [0.25, 0.3) is 6.08 Å². The Balaban J connectivity index is 2.53. The number of carbonyl (C=O) groups excluding carboxylic acids is 1. The minimum Gasteiger partial charge on any atom is -0.486 e. The third-order valence-corrected chi connectivity index (χ3v) is 3.92. The van der Waals surface area contributed by atoms with Crippen LogP contribution in [0.15, 0.2) is 23.1 Å². The first-order valence-electron chi connectivity index (χ1n) is 5.56. The van der Waals surface area contributed by atoms with E-state index in [0.29, 0.717) is 24.7 Å². The number of halogens is 1. The number of benzene rings is 1. The van der Waals surface area contributed by atoms with E-state index in [-0.39, 0.29) is 10.5 Å². The van der Waals surface area contributed by atoms with E-state index in [1.54, 1.807) is 0 Å². The van der Waals surface area contributed by atoms with Crippen LogP contribution in [0.5, 0.6) is 11.5 Å². The molecule has 8 heteroatoms. The van der Waals surface area contributed by atoms with Crippen LogP contribution < -0.4 is 9.47 Å². The molecule has 0 saturated heterocycles. The molecular weight excluding hydrogens is 308 g/mol. The second kappa shape index (κ2) is 5.72. The van der Waals surface area contributed by atoms with Gasteiger partial charge in [-0.3, -0.25) is 0 Å². The van der Waals surface area contributed by atoms with E-state index in [9.17, 15) is 13.2 Å². The minimum atomic E-state index is -3.99. The molecule has 2 rings (SSSR count). The van der Waals surface area contributed by atoms with Crippen molar-refractivity contribution in [2.75, 3.05) is 20.3 Å². The van der Waals surface area contributed by atoms with Gasteiger partial charge >= 0.3 is 5.97 Å². The second-order valence-corrected chi connectivity index (χ2v) is 6.36. The smallest absolute Gasteiger partial charge is 0.330 e. The molecule has 108 valence electrons. The molecule has 20 heavy (non-hydrogen) atoms. The number of esters is 1. The summed E-state index contributed by atoms with van der Waals surface area (Å²) >= 11 is 0. The summed E-state index contributed by atoms with van der Waals surface area (Å²) < 4.78 is 38.2. The maximum atomic E-state index is 11.6. The zero-order chi connectivity index (χ0) is 14.8. The van der Waals surface area contributed by atoms with Crippen molar-refractivity contribution in [1.82, 2.24) is 0 Å². The van der Waals surface area contributed by atoms with E-state index in [0.717, 1.165) is 6.08 Å². The fourth-order valence-corrected chi connectivity index (χ4v) is 2.71. The Morgan fingerprint density at radius 3 is 2.45 bits per heavy atom. The summed E-state index contributed by atoms with van der Waals surface area (Å²) in [5, 5.41) is 0. The molecule has 0 aromatic heterocycles. The zero-order valence-electron chi connectivity index (χ0n) is 10.5. The van der Waals surface area contributed by atoms with Gasteiger partial charge in [-0.15, -0.1) is 0 Å².